The number of imidazole rings is 1. The molecular formula is C15H19N3. The van der Waals surface area contributed by atoms with Crippen molar-refractivity contribution in [2.45, 2.75) is 32.4 Å². The van der Waals surface area contributed by atoms with Gasteiger partial charge in [0.15, 0.2) is 0 Å². The maximum absolute atomic E-state index is 4.53. The fraction of sp³-hybridized carbons (Fsp3) is 0.400. The number of aryl methyl sites for hydroxylation is 1. The minimum atomic E-state index is 0.505. The topological polar surface area (TPSA) is 29.9 Å². The molecule has 1 unspecified atom stereocenters. The molecule has 0 saturated heterocycles. The van der Waals surface area contributed by atoms with E-state index in [2.05, 4.69) is 46.2 Å². The van der Waals surface area contributed by atoms with E-state index in [1.165, 1.54) is 23.1 Å². The molecular weight excluding hydrogens is 222 g/mol. The molecule has 2 aromatic rings. The van der Waals surface area contributed by atoms with Crippen LogP contribution in [0.4, 0.5) is 0 Å². The number of hydrogen-bond acceptors (Lipinski definition) is 2. The molecule has 3 heteroatoms. The van der Waals surface area contributed by atoms with E-state index in [0.29, 0.717) is 6.04 Å². The molecule has 1 N–H and O–H groups in total. The number of nitrogens with zero attached hydrogens (tertiary/aromatic N) is 2. The predicted octanol–water partition coefficient (Wildman–Crippen LogP) is 2.78. The lowest BCUT2D eigenvalue weighted by Gasteiger charge is -2.12. The Morgan fingerprint density at radius 2 is 2.33 bits per heavy atom. The second kappa shape index (κ2) is 4.58. The maximum atomic E-state index is 4.53. The monoisotopic (exact) mass is 241 g/mol. The summed E-state index contributed by atoms with van der Waals surface area (Å²) in [6.07, 6.45) is 6.28. The number of fused-ring (bicyclic) bond motifs is 1. The smallest absolute Gasteiger partial charge is 0.140 e. The van der Waals surface area contributed by atoms with Gasteiger partial charge in [-0.25, -0.2) is 4.98 Å². The summed E-state index contributed by atoms with van der Waals surface area (Å²) in [4.78, 5) is 4.53. The Morgan fingerprint density at radius 1 is 1.44 bits per heavy atom. The number of rotatable bonds is 3. The van der Waals surface area contributed by atoms with Crippen molar-refractivity contribution in [3.05, 3.63) is 41.7 Å². The van der Waals surface area contributed by atoms with Gasteiger partial charge in [-0.05, 0) is 37.9 Å². The quantitative estimate of drug-likeness (QED) is 0.895. The molecule has 0 bridgehead atoms. The molecule has 1 atom stereocenters. The largest absolute Gasteiger partial charge is 0.331 e. The first-order valence-electron chi connectivity index (χ1n) is 6.65. The summed E-state index contributed by atoms with van der Waals surface area (Å²) < 4.78 is 2.21. The van der Waals surface area contributed by atoms with Crippen LogP contribution in [0.5, 0.6) is 0 Å². The van der Waals surface area contributed by atoms with E-state index >= 15 is 0 Å². The van der Waals surface area contributed by atoms with Gasteiger partial charge < -0.3 is 9.88 Å². The molecule has 3 rings (SSSR count). The highest BCUT2D eigenvalue weighted by molar-refractivity contribution is 5.64. The molecule has 94 valence electrons. The van der Waals surface area contributed by atoms with Crippen LogP contribution in [0.1, 0.15) is 30.5 Å². The SMILES string of the molecule is CCn1ccnc1-c1cccc2c1CCC2NC. The van der Waals surface area contributed by atoms with E-state index in [-0.39, 0.29) is 0 Å². The molecule has 0 spiro atoms. The van der Waals surface area contributed by atoms with Gasteiger partial charge in [-0.3, -0.25) is 0 Å². The molecule has 1 aromatic heterocycles. The van der Waals surface area contributed by atoms with E-state index in [9.17, 15) is 0 Å². The van der Waals surface area contributed by atoms with Crippen molar-refractivity contribution in [1.29, 1.82) is 0 Å². The fourth-order valence-corrected chi connectivity index (χ4v) is 2.97. The third-order valence-corrected chi connectivity index (χ3v) is 3.92. The van der Waals surface area contributed by atoms with Crippen LogP contribution in [-0.4, -0.2) is 16.6 Å². The van der Waals surface area contributed by atoms with Crippen molar-refractivity contribution in [1.82, 2.24) is 14.9 Å². The van der Waals surface area contributed by atoms with E-state index in [1.54, 1.807) is 0 Å². The zero-order valence-electron chi connectivity index (χ0n) is 11.0. The van der Waals surface area contributed by atoms with Gasteiger partial charge in [-0.15, -0.1) is 0 Å². The van der Waals surface area contributed by atoms with Gasteiger partial charge in [0.2, 0.25) is 0 Å². The Bertz CT molecular complexity index is 557. The first kappa shape index (κ1) is 11.5. The zero-order valence-corrected chi connectivity index (χ0v) is 11.0. The molecule has 0 aliphatic heterocycles. The summed E-state index contributed by atoms with van der Waals surface area (Å²) in [6.45, 7) is 3.12. The summed E-state index contributed by atoms with van der Waals surface area (Å²) >= 11 is 0. The second-order valence-corrected chi connectivity index (χ2v) is 4.79. The normalized spacial score (nSPS) is 18.0. The van der Waals surface area contributed by atoms with Crippen LogP contribution in [0.15, 0.2) is 30.6 Å². The van der Waals surface area contributed by atoms with Crippen molar-refractivity contribution in [3.8, 4) is 11.4 Å². The van der Waals surface area contributed by atoms with E-state index in [1.807, 2.05) is 13.2 Å². The summed E-state index contributed by atoms with van der Waals surface area (Å²) in [5.74, 6) is 1.10. The summed E-state index contributed by atoms with van der Waals surface area (Å²) in [6, 6.07) is 7.10. The molecule has 1 aliphatic rings. The number of hydrogen-bond donors (Lipinski definition) is 1. The van der Waals surface area contributed by atoms with Crippen LogP contribution >= 0.6 is 0 Å². The van der Waals surface area contributed by atoms with Crippen LogP contribution in [0.3, 0.4) is 0 Å². The third kappa shape index (κ3) is 1.66. The van der Waals surface area contributed by atoms with Gasteiger partial charge in [0.25, 0.3) is 0 Å². The van der Waals surface area contributed by atoms with Gasteiger partial charge in [-0.2, -0.15) is 0 Å². The van der Waals surface area contributed by atoms with Crippen LogP contribution in [-0.2, 0) is 13.0 Å². The highest BCUT2D eigenvalue weighted by Crippen LogP contribution is 2.36. The number of benzene rings is 1. The van der Waals surface area contributed by atoms with Crippen LogP contribution in [0.25, 0.3) is 11.4 Å². The molecule has 0 saturated carbocycles. The molecule has 1 aromatic carbocycles. The van der Waals surface area contributed by atoms with Crippen molar-refractivity contribution in [2.75, 3.05) is 7.05 Å². The summed E-state index contributed by atoms with van der Waals surface area (Å²) in [7, 11) is 2.04. The number of nitrogens with one attached hydrogen (secondary N) is 1. The van der Waals surface area contributed by atoms with Crippen LogP contribution < -0.4 is 5.32 Å². The van der Waals surface area contributed by atoms with E-state index < -0.39 is 0 Å². The first-order chi connectivity index (χ1) is 8.85. The zero-order chi connectivity index (χ0) is 12.5. The molecule has 1 heterocycles. The highest BCUT2D eigenvalue weighted by atomic mass is 15.1. The minimum absolute atomic E-state index is 0.505. The molecule has 0 radical (unpaired) electrons. The lowest BCUT2D eigenvalue weighted by Crippen LogP contribution is -2.12. The van der Waals surface area contributed by atoms with E-state index in [4.69, 9.17) is 0 Å². The third-order valence-electron chi connectivity index (χ3n) is 3.92. The van der Waals surface area contributed by atoms with Crippen LogP contribution in [0, 0.1) is 0 Å². The average molecular weight is 241 g/mol. The number of aromatic nitrogens is 2. The van der Waals surface area contributed by atoms with Gasteiger partial charge >= 0.3 is 0 Å². The van der Waals surface area contributed by atoms with Gasteiger partial charge in [0.05, 0.1) is 0 Å². The molecule has 0 fully saturated rings. The minimum Gasteiger partial charge on any atom is -0.331 e. The lowest BCUT2D eigenvalue weighted by molar-refractivity contribution is 0.590. The Balaban J connectivity index is 2.12. The van der Waals surface area contributed by atoms with Crippen molar-refractivity contribution in [2.24, 2.45) is 0 Å². The Labute approximate surface area is 108 Å². The second-order valence-electron chi connectivity index (χ2n) is 4.79. The van der Waals surface area contributed by atoms with Gasteiger partial charge in [0, 0.05) is 30.5 Å². The molecule has 3 nitrogen and oxygen atoms in total. The molecule has 1 aliphatic carbocycles. The standard InChI is InChI=1S/C15H19N3/c1-3-18-10-9-17-15(18)13-6-4-5-12-11(13)7-8-14(12)16-2/h4-6,9-10,14,16H,3,7-8H2,1-2H3. The lowest BCUT2D eigenvalue weighted by atomic mass is 10.0. The molecule has 0 amide bonds. The Hall–Kier alpha value is -1.61. The maximum Gasteiger partial charge on any atom is 0.140 e. The fourth-order valence-electron chi connectivity index (χ4n) is 2.97. The van der Waals surface area contributed by atoms with Crippen molar-refractivity contribution in [3.63, 3.8) is 0 Å². The summed E-state index contributed by atoms with van der Waals surface area (Å²) in [5, 5.41) is 3.39. The van der Waals surface area contributed by atoms with Crippen LogP contribution in [0.2, 0.25) is 0 Å². The predicted molar refractivity (Wildman–Crippen MR) is 73.5 cm³/mol. The van der Waals surface area contributed by atoms with Gasteiger partial charge in [0.1, 0.15) is 5.82 Å². The van der Waals surface area contributed by atoms with Crippen molar-refractivity contribution >= 4 is 0 Å². The first-order valence-corrected chi connectivity index (χ1v) is 6.65. The van der Waals surface area contributed by atoms with Crippen molar-refractivity contribution < 1.29 is 0 Å². The Morgan fingerprint density at radius 3 is 3.11 bits per heavy atom. The average Bonchev–Trinajstić information content (AvgIpc) is 3.04. The summed E-state index contributed by atoms with van der Waals surface area (Å²) in [5.41, 5.74) is 4.22. The highest BCUT2D eigenvalue weighted by Gasteiger charge is 2.24. The molecule has 18 heavy (non-hydrogen) atoms. The van der Waals surface area contributed by atoms with Gasteiger partial charge in [-0.1, -0.05) is 18.2 Å². The van der Waals surface area contributed by atoms with E-state index in [0.717, 1.165) is 18.8 Å². The Kier molecular flexibility index (Phi) is 2.92.